The molecule has 1 aliphatic heterocycles. The number of anilines is 1. The quantitative estimate of drug-likeness (QED) is 0.557. The van der Waals surface area contributed by atoms with Crippen LogP contribution in [0.4, 0.5) is 10.5 Å². The lowest BCUT2D eigenvalue weighted by Gasteiger charge is -2.20. The number of imidazole rings is 1. The number of aryl methyl sites for hydroxylation is 1. The molecule has 1 aromatic carbocycles. The van der Waals surface area contributed by atoms with Gasteiger partial charge in [-0.3, -0.25) is 14.7 Å². The van der Waals surface area contributed by atoms with Crippen LogP contribution in [0, 0.1) is 6.92 Å². The topological polar surface area (TPSA) is 107 Å². The van der Waals surface area contributed by atoms with E-state index in [1.54, 1.807) is 26.3 Å². The van der Waals surface area contributed by atoms with Crippen LogP contribution >= 0.6 is 0 Å². The second-order valence-corrected chi connectivity index (χ2v) is 8.20. The molecule has 0 saturated carbocycles. The molecule has 1 saturated heterocycles. The minimum absolute atomic E-state index is 0.0464. The van der Waals surface area contributed by atoms with Crippen LogP contribution in [0.25, 0.3) is 16.8 Å². The smallest absolute Gasteiger partial charge is 0.412 e. The first kappa shape index (κ1) is 23.0. The number of aliphatic hydroxyl groups is 1. The molecule has 0 bridgehead atoms. The summed E-state index contributed by atoms with van der Waals surface area (Å²) in [7, 11) is 1.55. The minimum Gasteiger partial charge on any atom is -0.495 e. The standard InChI is InChI=1S/C24H30N4O5/c1-15(6-11-29)33-24(30)26-19-5-4-18(14-20(19)31-3)21-22-16(2)25-9-10-28(22)23(27-21)17-7-12-32-13-8-17/h4-5,9-10,14-15,17,29H,6-8,11-13H2,1-3H3,(H,26,30). The Bertz CT molecular complexity index is 1120. The Hall–Kier alpha value is -3.17. The highest BCUT2D eigenvalue weighted by molar-refractivity contribution is 5.89. The average Bonchev–Trinajstić information content (AvgIpc) is 3.21. The Kier molecular flexibility index (Phi) is 7.10. The van der Waals surface area contributed by atoms with E-state index in [1.165, 1.54) is 0 Å². The zero-order chi connectivity index (χ0) is 23.4. The molecule has 9 nitrogen and oxygen atoms in total. The van der Waals surface area contributed by atoms with Gasteiger partial charge in [0.25, 0.3) is 0 Å². The number of hydrogen-bond acceptors (Lipinski definition) is 7. The van der Waals surface area contributed by atoms with Gasteiger partial charge in [-0.1, -0.05) is 6.07 Å². The summed E-state index contributed by atoms with van der Waals surface area (Å²) in [6.45, 7) is 5.13. The van der Waals surface area contributed by atoms with Crippen LogP contribution < -0.4 is 10.1 Å². The Morgan fingerprint density at radius 2 is 2.15 bits per heavy atom. The van der Waals surface area contributed by atoms with Gasteiger partial charge in [-0.25, -0.2) is 9.78 Å². The normalized spacial score (nSPS) is 15.4. The van der Waals surface area contributed by atoms with Gasteiger partial charge in [0.1, 0.15) is 17.7 Å². The maximum Gasteiger partial charge on any atom is 0.412 e. The molecule has 176 valence electrons. The minimum atomic E-state index is -0.601. The Labute approximate surface area is 192 Å². The third-order valence-corrected chi connectivity index (χ3v) is 5.91. The Balaban J connectivity index is 1.68. The molecule has 1 atom stereocenters. The van der Waals surface area contributed by atoms with Crippen molar-refractivity contribution in [3.8, 4) is 17.0 Å². The SMILES string of the molecule is COc1cc(-c2nc(C3CCOCC3)n3ccnc(C)c23)ccc1NC(=O)OC(C)CCO. The molecule has 2 N–H and O–H groups in total. The van der Waals surface area contributed by atoms with Gasteiger partial charge in [0.05, 0.1) is 29.7 Å². The molecule has 4 rings (SSSR count). The largest absolute Gasteiger partial charge is 0.495 e. The third kappa shape index (κ3) is 4.94. The van der Waals surface area contributed by atoms with E-state index in [2.05, 4.69) is 14.7 Å². The van der Waals surface area contributed by atoms with E-state index < -0.39 is 12.2 Å². The van der Waals surface area contributed by atoms with Crippen molar-refractivity contribution in [3.05, 3.63) is 42.1 Å². The Morgan fingerprint density at radius 1 is 1.36 bits per heavy atom. The molecular formula is C24H30N4O5. The number of amides is 1. The van der Waals surface area contributed by atoms with Crippen LogP contribution in [0.5, 0.6) is 5.75 Å². The van der Waals surface area contributed by atoms with Gasteiger partial charge in [-0.15, -0.1) is 0 Å². The number of ether oxygens (including phenoxy) is 3. The molecule has 3 aromatic rings. The molecule has 33 heavy (non-hydrogen) atoms. The van der Waals surface area contributed by atoms with Crippen molar-refractivity contribution in [2.75, 3.05) is 32.2 Å². The van der Waals surface area contributed by atoms with E-state index in [0.717, 1.165) is 54.3 Å². The van der Waals surface area contributed by atoms with Gasteiger partial charge in [0.2, 0.25) is 0 Å². The number of aliphatic hydroxyl groups excluding tert-OH is 1. The van der Waals surface area contributed by atoms with Gasteiger partial charge < -0.3 is 19.3 Å². The molecule has 3 heterocycles. The molecule has 0 radical (unpaired) electrons. The summed E-state index contributed by atoms with van der Waals surface area (Å²) in [5.41, 5.74) is 4.03. The van der Waals surface area contributed by atoms with E-state index >= 15 is 0 Å². The van der Waals surface area contributed by atoms with Crippen LogP contribution in [0.1, 0.15) is 43.6 Å². The number of nitrogens with zero attached hydrogens (tertiary/aromatic N) is 3. The predicted octanol–water partition coefficient (Wildman–Crippen LogP) is 3.93. The highest BCUT2D eigenvalue weighted by atomic mass is 16.6. The number of nitrogens with one attached hydrogen (secondary N) is 1. The summed E-state index contributed by atoms with van der Waals surface area (Å²) in [6.07, 6.45) is 5.01. The monoisotopic (exact) mass is 454 g/mol. The molecule has 1 aliphatic rings. The number of aromatic nitrogens is 3. The summed E-state index contributed by atoms with van der Waals surface area (Å²) >= 11 is 0. The fourth-order valence-electron chi connectivity index (χ4n) is 4.17. The first-order valence-electron chi connectivity index (χ1n) is 11.2. The second-order valence-electron chi connectivity index (χ2n) is 8.20. The number of carbonyl (C=O) groups excluding carboxylic acids is 1. The molecule has 9 heteroatoms. The van der Waals surface area contributed by atoms with Crippen LogP contribution in [0.2, 0.25) is 0 Å². The fourth-order valence-corrected chi connectivity index (χ4v) is 4.17. The van der Waals surface area contributed by atoms with E-state index in [-0.39, 0.29) is 6.61 Å². The first-order valence-corrected chi connectivity index (χ1v) is 11.2. The fraction of sp³-hybridized carbons (Fsp3) is 0.458. The number of benzene rings is 1. The van der Waals surface area contributed by atoms with Crippen LogP contribution in [0.3, 0.4) is 0 Å². The van der Waals surface area contributed by atoms with Gasteiger partial charge >= 0.3 is 6.09 Å². The van der Waals surface area contributed by atoms with E-state index in [4.69, 9.17) is 24.3 Å². The predicted molar refractivity (Wildman–Crippen MR) is 124 cm³/mol. The summed E-state index contributed by atoms with van der Waals surface area (Å²) in [5.74, 6) is 1.83. The van der Waals surface area contributed by atoms with Crippen LogP contribution in [0.15, 0.2) is 30.6 Å². The molecule has 1 fully saturated rings. The van der Waals surface area contributed by atoms with Crippen molar-refractivity contribution in [2.24, 2.45) is 0 Å². The Morgan fingerprint density at radius 3 is 2.88 bits per heavy atom. The van der Waals surface area contributed by atoms with E-state index in [0.29, 0.717) is 23.8 Å². The third-order valence-electron chi connectivity index (χ3n) is 5.91. The highest BCUT2D eigenvalue weighted by Crippen LogP contribution is 2.36. The molecule has 1 unspecified atom stereocenters. The molecule has 2 aromatic heterocycles. The molecule has 0 spiro atoms. The summed E-state index contributed by atoms with van der Waals surface area (Å²) in [6, 6.07) is 5.53. The lowest BCUT2D eigenvalue weighted by Crippen LogP contribution is -2.21. The van der Waals surface area contributed by atoms with Crippen molar-refractivity contribution in [1.29, 1.82) is 0 Å². The number of hydrogen-bond donors (Lipinski definition) is 2. The maximum atomic E-state index is 12.2. The van der Waals surface area contributed by atoms with Crippen molar-refractivity contribution < 1.29 is 24.1 Å². The highest BCUT2D eigenvalue weighted by Gasteiger charge is 2.24. The molecule has 1 amide bonds. The number of carbonyl (C=O) groups is 1. The van der Waals surface area contributed by atoms with Gasteiger partial charge in [0, 0.05) is 50.1 Å². The van der Waals surface area contributed by atoms with Gasteiger partial charge in [-0.05, 0) is 38.8 Å². The van der Waals surface area contributed by atoms with Gasteiger partial charge in [-0.2, -0.15) is 0 Å². The number of methoxy groups -OCH3 is 1. The zero-order valence-electron chi connectivity index (χ0n) is 19.2. The van der Waals surface area contributed by atoms with E-state index in [1.807, 2.05) is 25.3 Å². The van der Waals surface area contributed by atoms with Crippen molar-refractivity contribution >= 4 is 17.3 Å². The lowest BCUT2D eigenvalue weighted by atomic mass is 9.99. The first-order chi connectivity index (χ1) is 16.0. The summed E-state index contributed by atoms with van der Waals surface area (Å²) in [4.78, 5) is 21.7. The van der Waals surface area contributed by atoms with Gasteiger partial charge in [0.15, 0.2) is 0 Å². The summed E-state index contributed by atoms with van der Waals surface area (Å²) in [5, 5.41) is 11.7. The van der Waals surface area contributed by atoms with E-state index in [9.17, 15) is 4.79 Å². The number of rotatable bonds is 7. The summed E-state index contributed by atoms with van der Waals surface area (Å²) < 4.78 is 18.5. The molecular weight excluding hydrogens is 424 g/mol. The van der Waals surface area contributed by atoms with Crippen LogP contribution in [-0.4, -0.2) is 58.6 Å². The zero-order valence-corrected chi connectivity index (χ0v) is 19.2. The van der Waals surface area contributed by atoms with Crippen molar-refractivity contribution in [2.45, 2.75) is 45.1 Å². The average molecular weight is 455 g/mol. The van der Waals surface area contributed by atoms with Crippen molar-refractivity contribution in [1.82, 2.24) is 14.4 Å². The van der Waals surface area contributed by atoms with Crippen molar-refractivity contribution in [3.63, 3.8) is 0 Å². The maximum absolute atomic E-state index is 12.2. The number of fused-ring (bicyclic) bond motifs is 1. The molecule has 0 aliphatic carbocycles. The second kappa shape index (κ2) is 10.2. The van der Waals surface area contributed by atoms with Crippen LogP contribution in [-0.2, 0) is 9.47 Å². The lowest BCUT2D eigenvalue weighted by molar-refractivity contribution is 0.0835.